The summed E-state index contributed by atoms with van der Waals surface area (Å²) in [5.41, 5.74) is 0.588. The normalized spacial score (nSPS) is 10.8. The number of benzene rings is 1. The molecule has 0 radical (unpaired) electrons. The van der Waals surface area contributed by atoms with E-state index in [1.54, 1.807) is 12.1 Å². The molecule has 0 atom stereocenters. The first-order chi connectivity index (χ1) is 7.02. The Bertz CT molecular complexity index is 348. The van der Waals surface area contributed by atoms with Crippen molar-refractivity contribution in [2.45, 2.75) is 23.7 Å². The summed E-state index contributed by atoms with van der Waals surface area (Å²) in [6.07, 6.45) is 0.0584. The van der Waals surface area contributed by atoms with Gasteiger partial charge >= 0.3 is 0 Å². The third kappa shape index (κ3) is 3.61. The molecule has 1 aromatic carbocycles. The Labute approximate surface area is 106 Å². The highest BCUT2D eigenvalue weighted by Crippen LogP contribution is 2.24. The maximum Gasteiger partial charge on any atom is 0.190 e. The van der Waals surface area contributed by atoms with E-state index in [9.17, 15) is 4.79 Å². The number of ether oxygens (including phenoxy) is 1. The fourth-order valence-corrected chi connectivity index (χ4v) is 1.64. The van der Waals surface area contributed by atoms with E-state index in [2.05, 4.69) is 31.9 Å². The van der Waals surface area contributed by atoms with Crippen molar-refractivity contribution in [2.75, 3.05) is 0 Å². The van der Waals surface area contributed by atoms with E-state index < -0.39 is 0 Å². The van der Waals surface area contributed by atoms with Gasteiger partial charge in [-0.15, -0.1) is 0 Å². The van der Waals surface area contributed by atoms with Gasteiger partial charge in [-0.05, 0) is 26.0 Å². The number of alkyl halides is 2. The molecule has 0 saturated heterocycles. The molecule has 82 valence electrons. The highest BCUT2D eigenvalue weighted by atomic mass is 79.9. The maximum absolute atomic E-state index is 11.8. The highest BCUT2D eigenvalue weighted by molar-refractivity contribution is 9.25. The standard InChI is InChI=1S/C11H12Br2O2/c1-7(2)15-9-6-4-3-5-8(9)10(14)11(12)13/h3-7,11H,1-2H3. The highest BCUT2D eigenvalue weighted by Gasteiger charge is 2.18. The molecule has 2 nitrogen and oxygen atoms in total. The zero-order chi connectivity index (χ0) is 11.4. The second-order valence-electron chi connectivity index (χ2n) is 3.33. The SMILES string of the molecule is CC(C)Oc1ccccc1C(=O)C(Br)Br. The van der Waals surface area contributed by atoms with Gasteiger partial charge in [0.05, 0.1) is 11.7 Å². The van der Waals surface area contributed by atoms with Gasteiger partial charge < -0.3 is 4.74 Å². The first-order valence-electron chi connectivity index (χ1n) is 4.60. The number of halogens is 2. The third-order valence-corrected chi connectivity index (χ3v) is 2.55. The second-order valence-corrected chi connectivity index (χ2v) is 6.39. The summed E-state index contributed by atoms with van der Waals surface area (Å²) in [6, 6.07) is 7.24. The third-order valence-electron chi connectivity index (χ3n) is 1.71. The van der Waals surface area contributed by atoms with Crippen molar-refractivity contribution in [3.63, 3.8) is 0 Å². The van der Waals surface area contributed by atoms with Crippen LogP contribution in [0.1, 0.15) is 24.2 Å². The first-order valence-corrected chi connectivity index (χ1v) is 6.43. The first kappa shape index (κ1) is 12.7. The minimum Gasteiger partial charge on any atom is -0.490 e. The van der Waals surface area contributed by atoms with Crippen molar-refractivity contribution < 1.29 is 9.53 Å². The molecule has 0 fully saturated rings. The van der Waals surface area contributed by atoms with Crippen molar-refractivity contribution in [3.8, 4) is 5.75 Å². The lowest BCUT2D eigenvalue weighted by Crippen LogP contribution is -2.13. The van der Waals surface area contributed by atoms with Crippen molar-refractivity contribution in [2.24, 2.45) is 0 Å². The van der Waals surface area contributed by atoms with Crippen LogP contribution in [0.3, 0.4) is 0 Å². The van der Waals surface area contributed by atoms with Crippen molar-refractivity contribution in [1.82, 2.24) is 0 Å². The zero-order valence-electron chi connectivity index (χ0n) is 8.54. The number of para-hydroxylation sites is 1. The molecule has 1 aromatic rings. The van der Waals surface area contributed by atoms with Crippen LogP contribution in [0.5, 0.6) is 5.75 Å². The molecule has 0 aliphatic rings. The van der Waals surface area contributed by atoms with Crippen LogP contribution in [0.4, 0.5) is 0 Å². The minimum absolute atomic E-state index is 0.0359. The summed E-state index contributed by atoms with van der Waals surface area (Å²) < 4.78 is 5.18. The summed E-state index contributed by atoms with van der Waals surface area (Å²) in [5.74, 6) is 0.590. The van der Waals surface area contributed by atoms with Crippen LogP contribution in [0, 0.1) is 0 Å². The van der Waals surface area contributed by atoms with Gasteiger partial charge in [0.25, 0.3) is 0 Å². The van der Waals surface area contributed by atoms with E-state index in [1.807, 2.05) is 26.0 Å². The largest absolute Gasteiger partial charge is 0.490 e. The molecule has 0 bridgehead atoms. The van der Waals surface area contributed by atoms with Gasteiger partial charge in [-0.1, -0.05) is 44.0 Å². The molecule has 15 heavy (non-hydrogen) atoms. The van der Waals surface area contributed by atoms with Gasteiger partial charge in [0.2, 0.25) is 0 Å². The fraction of sp³-hybridized carbons (Fsp3) is 0.364. The van der Waals surface area contributed by atoms with E-state index in [0.717, 1.165) is 0 Å². The molecular formula is C11H12Br2O2. The van der Waals surface area contributed by atoms with Crippen LogP contribution in [0.15, 0.2) is 24.3 Å². The van der Waals surface area contributed by atoms with Crippen molar-refractivity contribution in [1.29, 1.82) is 0 Å². The molecule has 0 aromatic heterocycles. The van der Waals surface area contributed by atoms with Crippen molar-refractivity contribution >= 4 is 37.6 Å². The van der Waals surface area contributed by atoms with E-state index in [0.29, 0.717) is 11.3 Å². The van der Waals surface area contributed by atoms with E-state index in [-0.39, 0.29) is 15.6 Å². The Morgan fingerprint density at radius 1 is 1.27 bits per heavy atom. The van der Waals surface area contributed by atoms with Gasteiger partial charge in [-0.2, -0.15) is 0 Å². The average Bonchev–Trinajstić information content (AvgIpc) is 2.16. The van der Waals surface area contributed by atoms with E-state index in [1.165, 1.54) is 0 Å². The van der Waals surface area contributed by atoms with Gasteiger partial charge in [0.15, 0.2) is 5.78 Å². The maximum atomic E-state index is 11.8. The summed E-state index contributed by atoms with van der Waals surface area (Å²) >= 11 is 6.38. The number of carbonyl (C=O) groups is 1. The number of rotatable bonds is 4. The number of hydrogen-bond donors (Lipinski definition) is 0. The molecule has 0 amide bonds. The fourth-order valence-electron chi connectivity index (χ4n) is 1.14. The molecular weight excluding hydrogens is 324 g/mol. The van der Waals surface area contributed by atoms with Gasteiger partial charge in [-0.25, -0.2) is 0 Å². The summed E-state index contributed by atoms with van der Waals surface area (Å²) in [7, 11) is 0. The van der Waals surface area contributed by atoms with Gasteiger partial charge in [0, 0.05) is 0 Å². The predicted octanol–water partition coefficient (Wildman–Crippen LogP) is 3.77. The monoisotopic (exact) mass is 334 g/mol. The molecule has 0 saturated carbocycles. The number of Topliss-reactive ketones (excluding diaryl/α,β-unsaturated/α-hetero) is 1. The van der Waals surface area contributed by atoms with Crippen LogP contribution < -0.4 is 4.74 Å². The zero-order valence-corrected chi connectivity index (χ0v) is 11.7. The molecule has 0 heterocycles. The Kier molecular flexibility index (Phi) is 4.80. The second kappa shape index (κ2) is 5.66. The predicted molar refractivity (Wildman–Crippen MR) is 68.2 cm³/mol. The molecule has 0 spiro atoms. The molecule has 0 aliphatic carbocycles. The summed E-state index contributed by atoms with van der Waals surface area (Å²) in [5, 5.41) is 0. The Hall–Kier alpha value is -0.350. The molecule has 1 rings (SSSR count). The molecule has 4 heteroatoms. The van der Waals surface area contributed by atoms with Crippen LogP contribution in [-0.2, 0) is 0 Å². The van der Waals surface area contributed by atoms with Gasteiger partial charge in [0.1, 0.15) is 9.49 Å². The molecule has 0 aliphatic heterocycles. The lowest BCUT2D eigenvalue weighted by Gasteiger charge is -2.13. The number of carbonyl (C=O) groups excluding carboxylic acids is 1. The van der Waals surface area contributed by atoms with E-state index in [4.69, 9.17) is 4.74 Å². The summed E-state index contributed by atoms with van der Waals surface area (Å²) in [4.78, 5) is 11.8. The topological polar surface area (TPSA) is 26.3 Å². The molecule has 0 unspecified atom stereocenters. The smallest absolute Gasteiger partial charge is 0.190 e. The van der Waals surface area contributed by atoms with Gasteiger partial charge in [-0.3, -0.25) is 4.79 Å². The molecule has 0 N–H and O–H groups in total. The Balaban J connectivity index is 3.01. The van der Waals surface area contributed by atoms with Crippen molar-refractivity contribution in [3.05, 3.63) is 29.8 Å². The lowest BCUT2D eigenvalue weighted by molar-refractivity contribution is 0.101. The van der Waals surface area contributed by atoms with E-state index >= 15 is 0 Å². The minimum atomic E-state index is -0.373. The number of hydrogen-bond acceptors (Lipinski definition) is 2. The average molecular weight is 336 g/mol. The quantitative estimate of drug-likeness (QED) is 0.618. The summed E-state index contributed by atoms with van der Waals surface area (Å²) in [6.45, 7) is 3.86. The Morgan fingerprint density at radius 3 is 2.40 bits per heavy atom. The van der Waals surface area contributed by atoms with Crippen LogP contribution >= 0.6 is 31.9 Å². The number of ketones is 1. The lowest BCUT2D eigenvalue weighted by atomic mass is 10.1. The van der Waals surface area contributed by atoms with Crippen LogP contribution in [-0.4, -0.2) is 15.6 Å². The van der Waals surface area contributed by atoms with Crippen LogP contribution in [0.2, 0.25) is 0 Å². The Morgan fingerprint density at radius 2 is 1.87 bits per heavy atom. The van der Waals surface area contributed by atoms with Crippen LogP contribution in [0.25, 0.3) is 0 Å².